The topological polar surface area (TPSA) is 51.8 Å². The molecule has 0 bridgehead atoms. The first-order chi connectivity index (χ1) is 10.3. The number of hydrogen-bond acceptors (Lipinski definition) is 4. The Labute approximate surface area is 125 Å². The largest absolute Gasteiger partial charge is 0.372 e. The average Bonchev–Trinajstić information content (AvgIpc) is 2.55. The molecule has 0 aliphatic heterocycles. The van der Waals surface area contributed by atoms with Gasteiger partial charge < -0.3 is 4.90 Å². The van der Waals surface area contributed by atoms with Crippen molar-refractivity contribution in [1.82, 2.24) is 0 Å². The Morgan fingerprint density at radius 3 is 1.76 bits per heavy atom. The van der Waals surface area contributed by atoms with Crippen molar-refractivity contribution in [2.24, 2.45) is 10.2 Å². The van der Waals surface area contributed by atoms with Crippen molar-refractivity contribution in [3.63, 3.8) is 0 Å². The zero-order valence-corrected chi connectivity index (χ0v) is 12.3. The second-order valence-corrected chi connectivity index (χ2v) is 4.55. The number of anilines is 1. The smallest absolute Gasteiger partial charge is 0.0991 e. The lowest BCUT2D eigenvalue weighted by molar-refractivity contribution is 0.866. The summed E-state index contributed by atoms with van der Waals surface area (Å²) in [5, 5.41) is 17.1. The molecule has 0 spiro atoms. The van der Waals surface area contributed by atoms with E-state index in [0.29, 0.717) is 5.56 Å². The minimum Gasteiger partial charge on any atom is -0.372 e. The number of benzene rings is 2. The molecule has 0 aliphatic carbocycles. The SMILES string of the molecule is CCN(CC)c1ccc(/N=N/c2ccc(C#N)cc2)cc1. The average molecular weight is 278 g/mol. The van der Waals surface area contributed by atoms with E-state index >= 15 is 0 Å². The van der Waals surface area contributed by atoms with Crippen LogP contribution in [0.1, 0.15) is 19.4 Å². The van der Waals surface area contributed by atoms with Gasteiger partial charge in [0.25, 0.3) is 0 Å². The monoisotopic (exact) mass is 278 g/mol. The molecule has 0 unspecified atom stereocenters. The Balaban J connectivity index is 2.08. The fourth-order valence-electron chi connectivity index (χ4n) is 2.04. The zero-order chi connectivity index (χ0) is 15.1. The standard InChI is InChI=1S/C17H18N4/c1-3-21(4-2)17-11-9-16(10-12-17)20-19-15-7-5-14(13-18)6-8-15/h5-12H,3-4H2,1-2H3/b20-19+. The molecule has 4 nitrogen and oxygen atoms in total. The zero-order valence-electron chi connectivity index (χ0n) is 12.3. The lowest BCUT2D eigenvalue weighted by atomic mass is 10.2. The third-order valence-corrected chi connectivity index (χ3v) is 3.26. The minimum atomic E-state index is 0.623. The van der Waals surface area contributed by atoms with Gasteiger partial charge in [0.05, 0.1) is 23.0 Å². The van der Waals surface area contributed by atoms with E-state index in [0.717, 1.165) is 24.5 Å². The highest BCUT2D eigenvalue weighted by Crippen LogP contribution is 2.22. The van der Waals surface area contributed by atoms with E-state index in [9.17, 15) is 0 Å². The molecular weight excluding hydrogens is 260 g/mol. The molecule has 0 amide bonds. The van der Waals surface area contributed by atoms with E-state index in [2.05, 4.69) is 47.2 Å². The van der Waals surface area contributed by atoms with Gasteiger partial charge in [0.15, 0.2) is 0 Å². The maximum Gasteiger partial charge on any atom is 0.0991 e. The highest BCUT2D eigenvalue weighted by molar-refractivity contribution is 5.53. The summed E-state index contributed by atoms with van der Waals surface area (Å²) < 4.78 is 0. The second kappa shape index (κ2) is 7.20. The third kappa shape index (κ3) is 3.90. The molecule has 106 valence electrons. The molecule has 0 aromatic heterocycles. The molecule has 4 heteroatoms. The molecule has 0 fully saturated rings. The Hall–Kier alpha value is -2.67. The van der Waals surface area contributed by atoms with Gasteiger partial charge in [-0.1, -0.05) is 0 Å². The first-order valence-corrected chi connectivity index (χ1v) is 7.03. The molecule has 2 aromatic carbocycles. The van der Waals surface area contributed by atoms with Crippen LogP contribution >= 0.6 is 0 Å². The fraction of sp³-hybridized carbons (Fsp3) is 0.235. The van der Waals surface area contributed by atoms with Crippen molar-refractivity contribution in [1.29, 1.82) is 5.26 Å². The Bertz CT molecular complexity index is 632. The van der Waals surface area contributed by atoms with Gasteiger partial charge in [0, 0.05) is 18.8 Å². The van der Waals surface area contributed by atoms with E-state index in [-0.39, 0.29) is 0 Å². The molecule has 2 rings (SSSR count). The summed E-state index contributed by atoms with van der Waals surface area (Å²) in [5.74, 6) is 0. The summed E-state index contributed by atoms with van der Waals surface area (Å²) >= 11 is 0. The lowest BCUT2D eigenvalue weighted by Crippen LogP contribution is -2.21. The fourth-order valence-corrected chi connectivity index (χ4v) is 2.04. The Morgan fingerprint density at radius 1 is 0.857 bits per heavy atom. The normalized spacial score (nSPS) is 10.5. The highest BCUT2D eigenvalue weighted by Gasteiger charge is 2.00. The van der Waals surface area contributed by atoms with Gasteiger partial charge in [0.1, 0.15) is 0 Å². The van der Waals surface area contributed by atoms with Crippen LogP contribution in [0, 0.1) is 11.3 Å². The van der Waals surface area contributed by atoms with Crippen molar-refractivity contribution in [3.05, 3.63) is 54.1 Å². The van der Waals surface area contributed by atoms with E-state index in [1.54, 1.807) is 24.3 Å². The third-order valence-electron chi connectivity index (χ3n) is 3.26. The van der Waals surface area contributed by atoms with Crippen LogP contribution in [0.3, 0.4) is 0 Å². The van der Waals surface area contributed by atoms with Gasteiger partial charge in [0.2, 0.25) is 0 Å². The van der Waals surface area contributed by atoms with Crippen LogP contribution in [-0.4, -0.2) is 13.1 Å². The lowest BCUT2D eigenvalue weighted by Gasteiger charge is -2.20. The molecule has 0 aliphatic rings. The molecule has 0 N–H and O–H groups in total. The molecule has 0 saturated heterocycles. The molecule has 0 heterocycles. The molecule has 0 saturated carbocycles. The molecule has 21 heavy (non-hydrogen) atoms. The molecular formula is C17H18N4. The Morgan fingerprint density at radius 2 is 1.33 bits per heavy atom. The van der Waals surface area contributed by atoms with E-state index in [1.807, 2.05) is 12.1 Å². The number of nitriles is 1. The van der Waals surface area contributed by atoms with E-state index in [1.165, 1.54) is 5.69 Å². The number of hydrogen-bond donors (Lipinski definition) is 0. The Kier molecular flexibility index (Phi) is 5.05. The van der Waals surface area contributed by atoms with Crippen LogP contribution in [0.25, 0.3) is 0 Å². The maximum absolute atomic E-state index is 8.74. The van der Waals surface area contributed by atoms with Gasteiger partial charge in [-0.05, 0) is 62.4 Å². The quantitative estimate of drug-likeness (QED) is 0.736. The predicted molar refractivity (Wildman–Crippen MR) is 85.3 cm³/mol. The highest BCUT2D eigenvalue weighted by atomic mass is 15.1. The first kappa shape index (κ1) is 14.7. The number of nitrogens with zero attached hydrogens (tertiary/aromatic N) is 4. The molecule has 2 aromatic rings. The van der Waals surface area contributed by atoms with Crippen molar-refractivity contribution in [2.75, 3.05) is 18.0 Å². The van der Waals surface area contributed by atoms with Crippen LogP contribution in [0.4, 0.5) is 17.1 Å². The summed E-state index contributed by atoms with van der Waals surface area (Å²) in [5.41, 5.74) is 3.37. The van der Waals surface area contributed by atoms with Gasteiger partial charge in [-0.25, -0.2) is 0 Å². The molecule has 0 atom stereocenters. The summed E-state index contributed by atoms with van der Waals surface area (Å²) in [6.45, 7) is 6.26. The van der Waals surface area contributed by atoms with E-state index in [4.69, 9.17) is 5.26 Å². The first-order valence-electron chi connectivity index (χ1n) is 7.03. The van der Waals surface area contributed by atoms with Crippen molar-refractivity contribution in [2.45, 2.75) is 13.8 Å². The van der Waals surface area contributed by atoms with Gasteiger partial charge >= 0.3 is 0 Å². The minimum absolute atomic E-state index is 0.623. The predicted octanol–water partition coefficient (Wildman–Crippen LogP) is 4.82. The van der Waals surface area contributed by atoms with Gasteiger partial charge in [-0.3, -0.25) is 0 Å². The van der Waals surface area contributed by atoms with Crippen LogP contribution in [-0.2, 0) is 0 Å². The van der Waals surface area contributed by atoms with Gasteiger partial charge in [-0.15, -0.1) is 0 Å². The summed E-state index contributed by atoms with van der Waals surface area (Å²) in [7, 11) is 0. The van der Waals surface area contributed by atoms with Crippen molar-refractivity contribution in [3.8, 4) is 6.07 Å². The number of rotatable bonds is 5. The summed E-state index contributed by atoms with van der Waals surface area (Å²) in [6, 6.07) is 17.1. The van der Waals surface area contributed by atoms with Crippen LogP contribution in [0.5, 0.6) is 0 Å². The summed E-state index contributed by atoms with van der Waals surface area (Å²) in [4.78, 5) is 2.28. The van der Waals surface area contributed by atoms with Crippen LogP contribution in [0.2, 0.25) is 0 Å². The van der Waals surface area contributed by atoms with Crippen LogP contribution in [0.15, 0.2) is 58.8 Å². The molecule has 0 radical (unpaired) electrons. The van der Waals surface area contributed by atoms with Crippen molar-refractivity contribution < 1.29 is 0 Å². The maximum atomic E-state index is 8.74. The number of azo groups is 1. The van der Waals surface area contributed by atoms with Gasteiger partial charge in [-0.2, -0.15) is 15.5 Å². The second-order valence-electron chi connectivity index (χ2n) is 4.55. The van der Waals surface area contributed by atoms with E-state index < -0.39 is 0 Å². The summed E-state index contributed by atoms with van der Waals surface area (Å²) in [6.07, 6.45) is 0. The van der Waals surface area contributed by atoms with Crippen molar-refractivity contribution >= 4 is 17.1 Å². The van der Waals surface area contributed by atoms with Crippen LogP contribution < -0.4 is 4.90 Å².